The Morgan fingerprint density at radius 3 is 2.21 bits per heavy atom. The Morgan fingerprint density at radius 2 is 1.50 bits per heavy atom. The molecule has 0 fully saturated rings. The lowest BCUT2D eigenvalue weighted by atomic mass is 10.1. The predicted octanol–water partition coefficient (Wildman–Crippen LogP) is 4.41. The molecule has 0 aliphatic rings. The Hall–Kier alpha value is -2.68. The number of guanidine groups is 1. The number of ether oxygens (including phenoxy) is 3. The van der Waals surface area contributed by atoms with Crippen LogP contribution in [0.3, 0.4) is 0 Å². The van der Waals surface area contributed by atoms with Crippen LogP contribution < -0.4 is 25.3 Å². The highest BCUT2D eigenvalue weighted by Crippen LogP contribution is 2.28. The number of anilines is 1. The van der Waals surface area contributed by atoms with Crippen molar-refractivity contribution in [1.82, 2.24) is 0 Å². The van der Waals surface area contributed by atoms with Crippen molar-refractivity contribution in [2.24, 2.45) is 10.7 Å². The number of benzene rings is 3. The molecule has 3 aromatic rings. The van der Waals surface area contributed by atoms with E-state index in [2.05, 4.69) is 22.4 Å². The third-order valence-corrected chi connectivity index (χ3v) is 4.21. The normalized spacial score (nSPS) is 10.9. The lowest BCUT2D eigenvalue weighted by Gasteiger charge is -2.12. The van der Waals surface area contributed by atoms with Crippen molar-refractivity contribution >= 4 is 46.4 Å². The first-order valence-corrected chi connectivity index (χ1v) is 8.48. The van der Waals surface area contributed by atoms with Crippen LogP contribution in [0, 0.1) is 0 Å². The second kappa shape index (κ2) is 10.0. The molecule has 28 heavy (non-hydrogen) atoms. The molecule has 0 atom stereocenters. The molecular weight excluding hydrogens is 469 g/mol. The van der Waals surface area contributed by atoms with Gasteiger partial charge in [-0.05, 0) is 46.7 Å². The number of halogens is 1. The molecule has 3 aromatic carbocycles. The van der Waals surface area contributed by atoms with Gasteiger partial charge in [0.25, 0.3) is 0 Å². The molecule has 0 amide bonds. The van der Waals surface area contributed by atoms with Gasteiger partial charge in [0.2, 0.25) is 0 Å². The maximum absolute atomic E-state index is 6.05. The van der Waals surface area contributed by atoms with E-state index in [1.165, 1.54) is 0 Å². The van der Waals surface area contributed by atoms with Gasteiger partial charge >= 0.3 is 0 Å². The minimum absolute atomic E-state index is 0. The van der Waals surface area contributed by atoms with Crippen LogP contribution >= 0.6 is 24.0 Å². The number of fused-ring (bicyclic) bond motifs is 1. The molecule has 0 heterocycles. The van der Waals surface area contributed by atoms with Gasteiger partial charge in [0.15, 0.2) is 5.96 Å². The fraction of sp³-hybridized carbons (Fsp3) is 0.190. The van der Waals surface area contributed by atoms with Crippen LogP contribution in [0.5, 0.6) is 17.2 Å². The van der Waals surface area contributed by atoms with E-state index in [0.717, 1.165) is 22.1 Å². The summed E-state index contributed by atoms with van der Waals surface area (Å²) in [7, 11) is 4.88. The largest absolute Gasteiger partial charge is 0.497 e. The molecule has 0 saturated heterocycles. The predicted molar refractivity (Wildman–Crippen MR) is 124 cm³/mol. The molecule has 7 heteroatoms. The number of rotatable bonds is 6. The van der Waals surface area contributed by atoms with Crippen molar-refractivity contribution in [3.8, 4) is 17.2 Å². The summed E-state index contributed by atoms with van der Waals surface area (Å²) in [6, 6.07) is 17.6. The lowest BCUT2D eigenvalue weighted by molar-refractivity contribution is 0.405. The van der Waals surface area contributed by atoms with Crippen molar-refractivity contribution in [2.75, 3.05) is 26.6 Å². The van der Waals surface area contributed by atoms with Gasteiger partial charge in [-0.25, -0.2) is 4.99 Å². The zero-order chi connectivity index (χ0) is 19.2. The first-order valence-electron chi connectivity index (χ1n) is 8.48. The monoisotopic (exact) mass is 493 g/mol. The Bertz CT molecular complexity index is 976. The average Bonchev–Trinajstić information content (AvgIpc) is 2.71. The molecule has 3 N–H and O–H groups in total. The highest BCUT2D eigenvalue weighted by Gasteiger charge is 2.06. The van der Waals surface area contributed by atoms with Gasteiger partial charge in [0, 0.05) is 6.07 Å². The number of methoxy groups -OCH3 is 3. The maximum atomic E-state index is 6.05. The summed E-state index contributed by atoms with van der Waals surface area (Å²) in [5.74, 6) is 2.51. The minimum Gasteiger partial charge on any atom is -0.497 e. The zero-order valence-corrected chi connectivity index (χ0v) is 18.4. The lowest BCUT2D eigenvalue weighted by Crippen LogP contribution is -2.23. The molecule has 0 saturated carbocycles. The SMILES string of the molecule is COc1ccc(OC)c(NC(N)=NCc2ccc3cc(OC)ccc3c2)c1.I. The van der Waals surface area contributed by atoms with Crippen molar-refractivity contribution in [3.05, 3.63) is 60.2 Å². The fourth-order valence-corrected chi connectivity index (χ4v) is 2.76. The Labute approximate surface area is 181 Å². The zero-order valence-electron chi connectivity index (χ0n) is 16.1. The van der Waals surface area contributed by atoms with E-state index in [4.69, 9.17) is 19.9 Å². The van der Waals surface area contributed by atoms with Crippen molar-refractivity contribution in [3.63, 3.8) is 0 Å². The van der Waals surface area contributed by atoms with E-state index in [1.54, 1.807) is 21.3 Å². The summed E-state index contributed by atoms with van der Waals surface area (Å²) in [6.07, 6.45) is 0. The third kappa shape index (κ3) is 5.19. The molecule has 0 unspecified atom stereocenters. The van der Waals surface area contributed by atoms with E-state index in [1.807, 2.05) is 42.5 Å². The second-order valence-corrected chi connectivity index (χ2v) is 5.94. The number of nitrogens with two attached hydrogens (primary N) is 1. The van der Waals surface area contributed by atoms with Gasteiger partial charge in [-0.2, -0.15) is 0 Å². The number of hydrogen-bond donors (Lipinski definition) is 2. The van der Waals surface area contributed by atoms with Gasteiger partial charge in [0.05, 0.1) is 33.6 Å². The number of nitrogens with zero attached hydrogens (tertiary/aromatic N) is 1. The summed E-state index contributed by atoms with van der Waals surface area (Å²) in [6.45, 7) is 0.465. The van der Waals surface area contributed by atoms with Crippen molar-refractivity contribution < 1.29 is 14.2 Å². The second-order valence-electron chi connectivity index (χ2n) is 5.94. The maximum Gasteiger partial charge on any atom is 0.193 e. The van der Waals surface area contributed by atoms with Crippen molar-refractivity contribution in [1.29, 1.82) is 0 Å². The van der Waals surface area contributed by atoms with Crippen LogP contribution in [-0.2, 0) is 6.54 Å². The Kier molecular flexibility index (Phi) is 7.74. The molecule has 0 aliphatic carbocycles. The van der Waals surface area contributed by atoms with E-state index < -0.39 is 0 Å². The molecule has 6 nitrogen and oxygen atoms in total. The fourth-order valence-electron chi connectivity index (χ4n) is 2.76. The van der Waals surface area contributed by atoms with Crippen LogP contribution in [0.2, 0.25) is 0 Å². The summed E-state index contributed by atoms with van der Waals surface area (Å²) < 4.78 is 15.8. The number of hydrogen-bond acceptors (Lipinski definition) is 4. The Morgan fingerprint density at radius 1 is 0.857 bits per heavy atom. The average molecular weight is 493 g/mol. The summed E-state index contributed by atoms with van der Waals surface area (Å²) in [5, 5.41) is 5.31. The van der Waals surface area contributed by atoms with Gasteiger partial charge in [-0.15, -0.1) is 24.0 Å². The van der Waals surface area contributed by atoms with Crippen molar-refractivity contribution in [2.45, 2.75) is 6.54 Å². The van der Waals surface area contributed by atoms with E-state index >= 15 is 0 Å². The molecule has 148 valence electrons. The van der Waals surface area contributed by atoms with Crippen LogP contribution in [0.25, 0.3) is 10.8 Å². The van der Waals surface area contributed by atoms with Gasteiger partial charge in [0.1, 0.15) is 17.2 Å². The van der Waals surface area contributed by atoms with Gasteiger partial charge < -0.3 is 25.3 Å². The van der Waals surface area contributed by atoms with E-state index in [0.29, 0.717) is 29.7 Å². The molecular formula is C21H24IN3O3. The number of aliphatic imine (C=N–C) groups is 1. The van der Waals surface area contributed by atoms with Crippen LogP contribution in [-0.4, -0.2) is 27.3 Å². The topological polar surface area (TPSA) is 78.1 Å². The molecule has 0 radical (unpaired) electrons. The quantitative estimate of drug-likeness (QED) is 0.302. The van der Waals surface area contributed by atoms with E-state index in [-0.39, 0.29) is 24.0 Å². The van der Waals surface area contributed by atoms with Gasteiger partial charge in [-0.3, -0.25) is 0 Å². The molecule has 3 rings (SSSR count). The molecule has 0 bridgehead atoms. The minimum atomic E-state index is 0. The third-order valence-electron chi connectivity index (χ3n) is 4.21. The first kappa shape index (κ1) is 21.6. The number of nitrogens with one attached hydrogen (secondary N) is 1. The molecule has 0 spiro atoms. The molecule has 0 aliphatic heterocycles. The van der Waals surface area contributed by atoms with Crippen LogP contribution in [0.1, 0.15) is 5.56 Å². The summed E-state index contributed by atoms with van der Waals surface area (Å²) in [5.41, 5.74) is 7.81. The highest BCUT2D eigenvalue weighted by molar-refractivity contribution is 14.0. The highest BCUT2D eigenvalue weighted by atomic mass is 127. The van der Waals surface area contributed by atoms with Gasteiger partial charge in [-0.1, -0.05) is 18.2 Å². The van der Waals surface area contributed by atoms with E-state index in [9.17, 15) is 0 Å². The first-order chi connectivity index (χ1) is 13.1. The Balaban J connectivity index is 0.00000280. The summed E-state index contributed by atoms with van der Waals surface area (Å²) >= 11 is 0. The summed E-state index contributed by atoms with van der Waals surface area (Å²) in [4.78, 5) is 4.42. The van der Waals surface area contributed by atoms with Crippen LogP contribution in [0.4, 0.5) is 5.69 Å². The smallest absolute Gasteiger partial charge is 0.193 e. The van der Waals surface area contributed by atoms with Crippen LogP contribution in [0.15, 0.2) is 59.6 Å². The standard InChI is InChI=1S/C21H23N3O3.HI/c1-25-17-7-6-15-10-14(4-5-16(15)11-17)13-23-21(22)24-19-12-18(26-2)8-9-20(19)27-3;/h4-12H,13H2,1-3H3,(H3,22,23,24);1H. The molecule has 0 aromatic heterocycles.